The van der Waals surface area contributed by atoms with Crippen LogP contribution in [0.4, 0.5) is 0 Å². The lowest BCUT2D eigenvalue weighted by atomic mass is 9.89. The molecule has 0 radical (unpaired) electrons. The van der Waals surface area contributed by atoms with Gasteiger partial charge in [-0.3, -0.25) is 4.79 Å². The van der Waals surface area contributed by atoms with Crippen molar-refractivity contribution in [1.82, 2.24) is 0 Å². The van der Waals surface area contributed by atoms with E-state index in [2.05, 4.69) is 0 Å². The van der Waals surface area contributed by atoms with Crippen LogP contribution in [0.3, 0.4) is 0 Å². The molecule has 0 saturated carbocycles. The number of carboxylic acids is 1. The highest BCUT2D eigenvalue weighted by Crippen LogP contribution is 2.24. The standard InChI is InChI=1S/C20H25NO4/c1-25-19-10-6-5-9-15(19)12-16(20(23)24)13-18(22)17(21)11-14-7-3-2-4-8-14/h2-10,16-18,22H,11-13,21H2,1H3,(H,23,24). The maximum atomic E-state index is 11.6. The van der Waals surface area contributed by atoms with Gasteiger partial charge in [0, 0.05) is 6.04 Å². The van der Waals surface area contributed by atoms with Crippen molar-refractivity contribution in [1.29, 1.82) is 0 Å². The number of benzene rings is 2. The van der Waals surface area contributed by atoms with Gasteiger partial charge in [-0.2, -0.15) is 0 Å². The topological polar surface area (TPSA) is 92.8 Å². The van der Waals surface area contributed by atoms with Crippen molar-refractivity contribution in [3.05, 3.63) is 65.7 Å². The fourth-order valence-electron chi connectivity index (χ4n) is 2.90. The van der Waals surface area contributed by atoms with Gasteiger partial charge in [-0.05, 0) is 36.5 Å². The highest BCUT2D eigenvalue weighted by Gasteiger charge is 2.26. The minimum absolute atomic E-state index is 0.0986. The highest BCUT2D eigenvalue weighted by molar-refractivity contribution is 5.70. The number of ether oxygens (including phenoxy) is 1. The fraction of sp³-hybridized carbons (Fsp3) is 0.350. The van der Waals surface area contributed by atoms with Gasteiger partial charge in [0.2, 0.25) is 0 Å². The molecular formula is C20H25NO4. The molecule has 4 N–H and O–H groups in total. The Morgan fingerprint density at radius 1 is 1.08 bits per heavy atom. The average molecular weight is 343 g/mol. The molecule has 0 heterocycles. The molecule has 0 bridgehead atoms. The van der Waals surface area contributed by atoms with Crippen molar-refractivity contribution in [3.8, 4) is 5.75 Å². The summed E-state index contributed by atoms with van der Waals surface area (Å²) in [4.78, 5) is 11.6. The van der Waals surface area contributed by atoms with Gasteiger partial charge < -0.3 is 20.7 Å². The molecule has 5 nitrogen and oxygen atoms in total. The molecule has 0 aromatic heterocycles. The van der Waals surface area contributed by atoms with Crippen molar-refractivity contribution >= 4 is 5.97 Å². The van der Waals surface area contributed by atoms with Crippen molar-refractivity contribution in [2.45, 2.75) is 31.4 Å². The van der Waals surface area contributed by atoms with Crippen LogP contribution in [0.5, 0.6) is 5.75 Å². The summed E-state index contributed by atoms with van der Waals surface area (Å²) in [5, 5.41) is 19.9. The minimum atomic E-state index is -0.947. The number of nitrogens with two attached hydrogens (primary N) is 1. The molecule has 134 valence electrons. The average Bonchev–Trinajstić information content (AvgIpc) is 2.62. The van der Waals surface area contributed by atoms with Crippen LogP contribution in [-0.4, -0.2) is 35.4 Å². The number of aliphatic hydroxyl groups is 1. The van der Waals surface area contributed by atoms with Gasteiger partial charge in [0.15, 0.2) is 0 Å². The number of rotatable bonds is 9. The normalized spacial score (nSPS) is 14.5. The Morgan fingerprint density at radius 2 is 1.72 bits per heavy atom. The molecule has 5 heteroatoms. The Hall–Kier alpha value is -2.37. The van der Waals surface area contributed by atoms with Gasteiger partial charge >= 0.3 is 5.97 Å². The van der Waals surface area contributed by atoms with Gasteiger partial charge in [-0.15, -0.1) is 0 Å². The summed E-state index contributed by atoms with van der Waals surface area (Å²) >= 11 is 0. The Balaban J connectivity index is 2.01. The van der Waals surface area contributed by atoms with E-state index in [4.69, 9.17) is 10.5 Å². The summed E-state index contributed by atoms with van der Waals surface area (Å²) in [7, 11) is 1.55. The van der Waals surface area contributed by atoms with Gasteiger partial charge in [0.25, 0.3) is 0 Å². The molecule has 0 aliphatic carbocycles. The molecular weight excluding hydrogens is 318 g/mol. The number of aliphatic carboxylic acids is 1. The van der Waals surface area contributed by atoms with E-state index in [0.717, 1.165) is 11.1 Å². The summed E-state index contributed by atoms with van der Waals surface area (Å²) in [5.74, 6) is -1.03. The van der Waals surface area contributed by atoms with Crippen LogP contribution in [-0.2, 0) is 17.6 Å². The van der Waals surface area contributed by atoms with Crippen LogP contribution >= 0.6 is 0 Å². The molecule has 2 rings (SSSR count). The monoisotopic (exact) mass is 343 g/mol. The molecule has 0 fully saturated rings. The third kappa shape index (κ3) is 5.59. The zero-order valence-electron chi connectivity index (χ0n) is 14.3. The first-order chi connectivity index (χ1) is 12.0. The summed E-state index contributed by atoms with van der Waals surface area (Å²) in [5.41, 5.74) is 7.91. The Bertz CT molecular complexity index is 674. The zero-order chi connectivity index (χ0) is 18.2. The van der Waals surface area contributed by atoms with Crippen LogP contribution in [0, 0.1) is 5.92 Å². The Labute approximate surface area is 148 Å². The fourth-order valence-corrected chi connectivity index (χ4v) is 2.90. The van der Waals surface area contributed by atoms with Crippen molar-refractivity contribution < 1.29 is 19.7 Å². The number of para-hydroxylation sites is 1. The van der Waals surface area contributed by atoms with E-state index >= 15 is 0 Å². The van der Waals surface area contributed by atoms with E-state index in [1.165, 1.54) is 0 Å². The molecule has 25 heavy (non-hydrogen) atoms. The number of aliphatic hydroxyl groups excluding tert-OH is 1. The summed E-state index contributed by atoms with van der Waals surface area (Å²) in [6.45, 7) is 0. The number of hydrogen-bond donors (Lipinski definition) is 3. The lowest BCUT2D eigenvalue weighted by Crippen LogP contribution is -2.39. The predicted octanol–water partition coefficient (Wildman–Crippen LogP) is 2.26. The molecule has 3 unspecified atom stereocenters. The van der Waals surface area contributed by atoms with E-state index in [-0.39, 0.29) is 12.8 Å². The molecule has 2 aromatic carbocycles. The second kappa shape index (κ2) is 9.20. The third-order valence-electron chi connectivity index (χ3n) is 4.34. The second-order valence-corrected chi connectivity index (χ2v) is 6.21. The molecule has 0 spiro atoms. The summed E-state index contributed by atoms with van der Waals surface area (Å²) in [6.07, 6.45) is -0.00483. The number of methoxy groups -OCH3 is 1. The first-order valence-electron chi connectivity index (χ1n) is 8.33. The van der Waals surface area contributed by atoms with Gasteiger partial charge in [0.05, 0.1) is 19.1 Å². The molecule has 0 aliphatic rings. The lowest BCUT2D eigenvalue weighted by molar-refractivity contribution is -0.142. The molecule has 0 saturated heterocycles. The van der Waals surface area contributed by atoms with E-state index in [0.29, 0.717) is 12.2 Å². The van der Waals surface area contributed by atoms with Crippen molar-refractivity contribution in [2.75, 3.05) is 7.11 Å². The van der Waals surface area contributed by atoms with E-state index in [1.54, 1.807) is 13.2 Å². The smallest absolute Gasteiger partial charge is 0.306 e. The van der Waals surface area contributed by atoms with Crippen LogP contribution in [0.25, 0.3) is 0 Å². The summed E-state index contributed by atoms with van der Waals surface area (Å²) in [6, 6.07) is 16.4. The van der Waals surface area contributed by atoms with Gasteiger partial charge in [0.1, 0.15) is 5.75 Å². The van der Waals surface area contributed by atoms with Gasteiger partial charge in [-0.1, -0.05) is 48.5 Å². The second-order valence-electron chi connectivity index (χ2n) is 6.21. The molecule has 0 amide bonds. The van der Waals surface area contributed by atoms with Gasteiger partial charge in [-0.25, -0.2) is 0 Å². The minimum Gasteiger partial charge on any atom is -0.496 e. The van der Waals surface area contributed by atoms with E-state index < -0.39 is 24.0 Å². The number of hydrogen-bond acceptors (Lipinski definition) is 4. The SMILES string of the molecule is COc1ccccc1CC(CC(O)C(N)Cc1ccccc1)C(=O)O. The maximum absolute atomic E-state index is 11.6. The van der Waals surface area contributed by atoms with Crippen LogP contribution in [0.15, 0.2) is 54.6 Å². The number of carboxylic acid groups (broad SMARTS) is 1. The summed E-state index contributed by atoms with van der Waals surface area (Å²) < 4.78 is 5.28. The Kier molecular flexibility index (Phi) is 6.98. The predicted molar refractivity (Wildman–Crippen MR) is 96.6 cm³/mol. The first kappa shape index (κ1) is 19.0. The first-order valence-corrected chi connectivity index (χ1v) is 8.33. The van der Waals surface area contributed by atoms with Crippen molar-refractivity contribution in [3.63, 3.8) is 0 Å². The number of carbonyl (C=O) groups is 1. The molecule has 3 atom stereocenters. The highest BCUT2D eigenvalue weighted by atomic mass is 16.5. The Morgan fingerprint density at radius 3 is 2.36 bits per heavy atom. The maximum Gasteiger partial charge on any atom is 0.306 e. The molecule has 0 aliphatic heterocycles. The lowest BCUT2D eigenvalue weighted by Gasteiger charge is -2.23. The largest absolute Gasteiger partial charge is 0.496 e. The molecule has 2 aromatic rings. The van der Waals surface area contributed by atoms with E-state index in [1.807, 2.05) is 48.5 Å². The zero-order valence-corrected chi connectivity index (χ0v) is 14.3. The third-order valence-corrected chi connectivity index (χ3v) is 4.34. The van der Waals surface area contributed by atoms with Crippen LogP contribution < -0.4 is 10.5 Å². The van der Waals surface area contributed by atoms with E-state index in [9.17, 15) is 15.0 Å². The van der Waals surface area contributed by atoms with Crippen LogP contribution in [0.1, 0.15) is 17.5 Å². The quantitative estimate of drug-likeness (QED) is 0.649. The van der Waals surface area contributed by atoms with Crippen LogP contribution in [0.2, 0.25) is 0 Å². The van der Waals surface area contributed by atoms with Crippen molar-refractivity contribution in [2.24, 2.45) is 11.7 Å².